The van der Waals surface area contributed by atoms with Gasteiger partial charge in [-0.05, 0) is 77.7 Å². The molecule has 5 rings (SSSR count). The molecule has 1 heterocycles. The highest BCUT2D eigenvalue weighted by molar-refractivity contribution is 6.10. The molecule has 0 aromatic heterocycles. The molecule has 0 saturated heterocycles. The first-order chi connectivity index (χ1) is 18.8. The van der Waals surface area contributed by atoms with Gasteiger partial charge in [0.05, 0.1) is 30.8 Å². The van der Waals surface area contributed by atoms with Crippen LogP contribution in [-0.4, -0.2) is 18.7 Å². The first-order valence-corrected chi connectivity index (χ1v) is 13.3. The summed E-state index contributed by atoms with van der Waals surface area (Å²) in [5, 5.41) is 0. The van der Waals surface area contributed by atoms with Gasteiger partial charge in [-0.2, -0.15) is 0 Å². The summed E-state index contributed by atoms with van der Waals surface area (Å²) in [5.41, 5.74) is 9.53. The van der Waals surface area contributed by atoms with Crippen molar-refractivity contribution in [3.05, 3.63) is 124 Å². The van der Waals surface area contributed by atoms with E-state index in [1.54, 1.807) is 24.4 Å². The Bertz CT molecular complexity index is 1500. The summed E-state index contributed by atoms with van der Waals surface area (Å²) in [6.07, 6.45) is 11.4. The predicted octanol–water partition coefficient (Wildman–Crippen LogP) is 7.43. The molecule has 198 valence electrons. The molecule has 2 aromatic carbocycles. The number of hydrogen-bond donors (Lipinski definition) is 0. The van der Waals surface area contributed by atoms with Gasteiger partial charge in [0.25, 0.3) is 0 Å². The molecule has 2 aromatic rings. The zero-order chi connectivity index (χ0) is 27.6. The highest BCUT2D eigenvalue weighted by Gasteiger charge is 2.39. The SMILES string of the molecule is COC1=CN(c2ccc(C3CC(C)(C)CC3=O)cc2F)C=C=C(C2=CC=C=CCC(c3ccccc3)C2)C1=O. The standard InChI is InChI=1S/C34H32FNO3/c1-34(2)20-28(31(37)21-34)26-14-15-30(29(35)19-26)36-17-16-27(33(38)32(22-36)39-3)25-13-9-5-8-12-24(18-25)23-10-6-4-7-11-23/h4,6-11,13-15,17,19,22,24,28H,12,18,20-21H2,1-3H3. The van der Waals surface area contributed by atoms with Crippen LogP contribution in [0.5, 0.6) is 0 Å². The molecular formula is C34H32FNO3. The van der Waals surface area contributed by atoms with E-state index in [1.165, 1.54) is 29.8 Å². The van der Waals surface area contributed by atoms with Gasteiger partial charge in [0.1, 0.15) is 11.6 Å². The molecule has 2 unspecified atom stereocenters. The minimum absolute atomic E-state index is 0.0844. The van der Waals surface area contributed by atoms with E-state index in [0.717, 1.165) is 12.0 Å². The second kappa shape index (κ2) is 10.9. The Labute approximate surface area is 229 Å². The first kappa shape index (κ1) is 26.4. The monoisotopic (exact) mass is 521 g/mol. The quantitative estimate of drug-likeness (QED) is 0.384. The Morgan fingerprint density at radius 2 is 1.87 bits per heavy atom. The number of halogens is 1. The van der Waals surface area contributed by atoms with Crippen molar-refractivity contribution in [2.45, 2.75) is 51.4 Å². The third-order valence-electron chi connectivity index (χ3n) is 7.68. The Hall–Kier alpha value is -4.17. The summed E-state index contributed by atoms with van der Waals surface area (Å²) in [7, 11) is 1.43. The van der Waals surface area contributed by atoms with Crippen LogP contribution in [-0.2, 0) is 14.3 Å². The highest BCUT2D eigenvalue weighted by Crippen LogP contribution is 2.44. The molecule has 0 amide bonds. The maximum atomic E-state index is 15.5. The molecule has 1 aliphatic heterocycles. The van der Waals surface area contributed by atoms with Crippen molar-refractivity contribution in [3.63, 3.8) is 0 Å². The Kier molecular flexibility index (Phi) is 7.39. The number of nitrogens with zero attached hydrogens (tertiary/aromatic N) is 1. The van der Waals surface area contributed by atoms with E-state index in [2.05, 4.69) is 37.4 Å². The number of anilines is 1. The molecule has 1 fully saturated rings. The number of rotatable bonds is 5. The van der Waals surface area contributed by atoms with Crippen LogP contribution in [0.1, 0.15) is 62.5 Å². The van der Waals surface area contributed by atoms with Crippen LogP contribution in [0.3, 0.4) is 0 Å². The maximum absolute atomic E-state index is 15.5. The van der Waals surface area contributed by atoms with Gasteiger partial charge >= 0.3 is 0 Å². The summed E-state index contributed by atoms with van der Waals surface area (Å²) in [4.78, 5) is 27.6. The van der Waals surface area contributed by atoms with E-state index in [4.69, 9.17) is 4.74 Å². The summed E-state index contributed by atoms with van der Waals surface area (Å²) >= 11 is 0. The molecule has 0 N–H and O–H groups in total. The minimum atomic E-state index is -0.479. The number of methoxy groups -OCH3 is 1. The number of Topliss-reactive ketones (excluding diaryl/α,β-unsaturated/α-hetero) is 2. The number of allylic oxidation sites excluding steroid dienone is 4. The molecule has 0 bridgehead atoms. The van der Waals surface area contributed by atoms with Crippen LogP contribution >= 0.6 is 0 Å². The number of carbonyl (C=O) groups is 2. The lowest BCUT2D eigenvalue weighted by atomic mass is 9.85. The molecule has 0 spiro atoms. The average Bonchev–Trinajstić information content (AvgIpc) is 3.08. The van der Waals surface area contributed by atoms with Crippen molar-refractivity contribution >= 4 is 17.3 Å². The molecule has 1 saturated carbocycles. The highest BCUT2D eigenvalue weighted by atomic mass is 19.1. The zero-order valence-electron chi connectivity index (χ0n) is 22.5. The number of hydrogen-bond acceptors (Lipinski definition) is 4. The van der Waals surface area contributed by atoms with E-state index in [1.807, 2.05) is 30.4 Å². The van der Waals surface area contributed by atoms with Crippen molar-refractivity contribution in [1.82, 2.24) is 0 Å². The molecule has 0 radical (unpaired) electrons. The molecule has 2 atom stereocenters. The smallest absolute Gasteiger partial charge is 0.237 e. The fourth-order valence-electron chi connectivity index (χ4n) is 5.66. The van der Waals surface area contributed by atoms with E-state index in [0.29, 0.717) is 30.4 Å². The maximum Gasteiger partial charge on any atom is 0.237 e. The van der Waals surface area contributed by atoms with Crippen molar-refractivity contribution in [2.24, 2.45) is 5.41 Å². The third kappa shape index (κ3) is 5.66. The van der Waals surface area contributed by atoms with E-state index in [-0.39, 0.29) is 40.3 Å². The lowest BCUT2D eigenvalue weighted by molar-refractivity contribution is -0.119. The van der Waals surface area contributed by atoms with Crippen LogP contribution in [0.15, 0.2) is 108 Å². The third-order valence-corrected chi connectivity index (χ3v) is 7.68. The van der Waals surface area contributed by atoms with Gasteiger partial charge in [-0.1, -0.05) is 56.0 Å². The molecule has 5 heteroatoms. The molecule has 3 aliphatic rings. The van der Waals surface area contributed by atoms with Crippen molar-refractivity contribution in [3.8, 4) is 0 Å². The largest absolute Gasteiger partial charge is 0.491 e. The van der Waals surface area contributed by atoms with Crippen LogP contribution in [0.25, 0.3) is 0 Å². The van der Waals surface area contributed by atoms with Gasteiger partial charge in [-0.15, -0.1) is 5.73 Å². The Balaban J connectivity index is 1.49. The summed E-state index contributed by atoms with van der Waals surface area (Å²) < 4.78 is 20.9. The van der Waals surface area contributed by atoms with Crippen molar-refractivity contribution in [1.29, 1.82) is 0 Å². The molecule has 2 aliphatic carbocycles. The van der Waals surface area contributed by atoms with Crippen LogP contribution in [0.4, 0.5) is 10.1 Å². The second-order valence-corrected chi connectivity index (χ2v) is 11.1. The summed E-state index contributed by atoms with van der Waals surface area (Å²) in [5.74, 6) is -0.695. The normalized spacial score (nSPS) is 22.6. The number of ether oxygens (including phenoxy) is 1. The molecule has 39 heavy (non-hydrogen) atoms. The van der Waals surface area contributed by atoms with Gasteiger partial charge in [0, 0.05) is 12.3 Å². The fourth-order valence-corrected chi connectivity index (χ4v) is 5.66. The van der Waals surface area contributed by atoms with Gasteiger partial charge in [0.15, 0.2) is 5.76 Å². The number of ketones is 2. The average molecular weight is 522 g/mol. The summed E-state index contributed by atoms with van der Waals surface area (Å²) in [6, 6.07) is 15.1. The first-order valence-electron chi connectivity index (χ1n) is 13.3. The fraction of sp³-hybridized carbons (Fsp3) is 0.294. The van der Waals surface area contributed by atoms with Crippen LogP contribution in [0.2, 0.25) is 0 Å². The lowest BCUT2D eigenvalue weighted by Crippen LogP contribution is -2.15. The summed E-state index contributed by atoms with van der Waals surface area (Å²) in [6.45, 7) is 4.13. The number of carbonyl (C=O) groups excluding carboxylic acids is 2. The Morgan fingerprint density at radius 1 is 1.08 bits per heavy atom. The van der Waals surface area contributed by atoms with Crippen LogP contribution < -0.4 is 4.90 Å². The van der Waals surface area contributed by atoms with E-state index < -0.39 is 5.82 Å². The van der Waals surface area contributed by atoms with E-state index >= 15 is 4.39 Å². The van der Waals surface area contributed by atoms with Gasteiger partial charge in [-0.3, -0.25) is 9.59 Å². The minimum Gasteiger partial charge on any atom is -0.491 e. The number of benzene rings is 2. The second-order valence-electron chi connectivity index (χ2n) is 11.1. The Morgan fingerprint density at radius 3 is 2.56 bits per heavy atom. The van der Waals surface area contributed by atoms with Gasteiger partial charge < -0.3 is 9.64 Å². The van der Waals surface area contributed by atoms with Gasteiger partial charge in [0.2, 0.25) is 5.78 Å². The molecule has 4 nitrogen and oxygen atoms in total. The topological polar surface area (TPSA) is 46.6 Å². The zero-order valence-corrected chi connectivity index (χ0v) is 22.5. The molecular weight excluding hydrogens is 489 g/mol. The van der Waals surface area contributed by atoms with Crippen LogP contribution in [0, 0.1) is 11.2 Å². The lowest BCUT2D eigenvalue weighted by Gasteiger charge is -2.19. The predicted molar refractivity (Wildman–Crippen MR) is 150 cm³/mol. The van der Waals surface area contributed by atoms with Crippen molar-refractivity contribution < 1.29 is 18.7 Å². The van der Waals surface area contributed by atoms with E-state index in [9.17, 15) is 9.59 Å². The van der Waals surface area contributed by atoms with Gasteiger partial charge in [-0.25, -0.2) is 4.39 Å². The van der Waals surface area contributed by atoms with Crippen molar-refractivity contribution in [2.75, 3.05) is 12.0 Å².